The SMILES string of the molecule is Cc1cc(OCC(=O)Nc2ccccc2C(=O)N2CCCCC2)ccc1Br. The van der Waals surface area contributed by atoms with E-state index in [9.17, 15) is 9.59 Å². The van der Waals surface area contributed by atoms with E-state index in [0.717, 1.165) is 42.4 Å². The molecule has 1 aliphatic rings. The van der Waals surface area contributed by atoms with Crippen molar-refractivity contribution in [1.29, 1.82) is 0 Å². The van der Waals surface area contributed by atoms with Crippen LogP contribution < -0.4 is 10.1 Å². The van der Waals surface area contributed by atoms with Crippen LogP contribution in [-0.4, -0.2) is 36.4 Å². The summed E-state index contributed by atoms with van der Waals surface area (Å²) in [5, 5.41) is 2.81. The van der Waals surface area contributed by atoms with Crippen LogP contribution in [-0.2, 0) is 4.79 Å². The smallest absolute Gasteiger partial charge is 0.262 e. The number of amides is 2. The van der Waals surface area contributed by atoms with Gasteiger partial charge in [-0.1, -0.05) is 28.1 Å². The Kier molecular flexibility index (Phi) is 6.50. The fraction of sp³-hybridized carbons (Fsp3) is 0.333. The van der Waals surface area contributed by atoms with Crippen LogP contribution in [0, 0.1) is 6.92 Å². The van der Waals surface area contributed by atoms with Crippen molar-refractivity contribution in [2.45, 2.75) is 26.2 Å². The van der Waals surface area contributed by atoms with Crippen molar-refractivity contribution in [3.8, 4) is 5.75 Å². The fourth-order valence-corrected chi connectivity index (χ4v) is 3.33. The maximum atomic E-state index is 12.8. The van der Waals surface area contributed by atoms with Gasteiger partial charge in [-0.05, 0) is 62.1 Å². The molecule has 0 aromatic heterocycles. The monoisotopic (exact) mass is 430 g/mol. The van der Waals surface area contributed by atoms with E-state index in [0.29, 0.717) is 17.0 Å². The number of para-hydroxylation sites is 1. The Morgan fingerprint density at radius 3 is 2.59 bits per heavy atom. The molecule has 0 atom stereocenters. The van der Waals surface area contributed by atoms with E-state index in [4.69, 9.17) is 4.74 Å². The van der Waals surface area contributed by atoms with Crippen molar-refractivity contribution in [3.63, 3.8) is 0 Å². The van der Waals surface area contributed by atoms with Gasteiger partial charge in [0, 0.05) is 17.6 Å². The minimum absolute atomic E-state index is 0.0324. The summed E-state index contributed by atoms with van der Waals surface area (Å²) in [6.45, 7) is 3.38. The van der Waals surface area contributed by atoms with E-state index < -0.39 is 0 Å². The minimum Gasteiger partial charge on any atom is -0.484 e. The zero-order chi connectivity index (χ0) is 19.2. The summed E-state index contributed by atoms with van der Waals surface area (Å²) in [5.74, 6) is 0.299. The molecule has 6 heteroatoms. The standard InChI is InChI=1S/C21H23BrN2O3/c1-15-13-16(9-10-18(15)22)27-14-20(25)23-19-8-4-3-7-17(19)21(26)24-11-5-2-6-12-24/h3-4,7-10,13H,2,5-6,11-12,14H2,1H3,(H,23,25). The number of nitrogens with zero attached hydrogens (tertiary/aromatic N) is 1. The summed E-state index contributed by atoms with van der Waals surface area (Å²) >= 11 is 3.44. The number of aryl methyl sites for hydroxylation is 1. The molecule has 0 radical (unpaired) electrons. The normalized spacial score (nSPS) is 13.9. The molecule has 1 N–H and O–H groups in total. The van der Waals surface area contributed by atoms with Crippen molar-refractivity contribution in [1.82, 2.24) is 4.90 Å². The maximum absolute atomic E-state index is 12.8. The molecule has 1 aliphatic heterocycles. The van der Waals surface area contributed by atoms with Crippen LogP contribution in [0.5, 0.6) is 5.75 Å². The van der Waals surface area contributed by atoms with E-state index in [2.05, 4.69) is 21.2 Å². The Morgan fingerprint density at radius 2 is 1.85 bits per heavy atom. The number of ether oxygens (including phenoxy) is 1. The second-order valence-electron chi connectivity index (χ2n) is 6.65. The van der Waals surface area contributed by atoms with Crippen molar-refractivity contribution in [2.75, 3.05) is 25.0 Å². The lowest BCUT2D eigenvalue weighted by atomic mass is 10.1. The van der Waals surface area contributed by atoms with E-state index in [1.165, 1.54) is 0 Å². The number of hydrogen-bond acceptors (Lipinski definition) is 3. The number of hydrogen-bond donors (Lipinski definition) is 1. The van der Waals surface area contributed by atoms with E-state index >= 15 is 0 Å². The first-order valence-corrected chi connectivity index (χ1v) is 9.91. The lowest BCUT2D eigenvalue weighted by Gasteiger charge is -2.27. The second-order valence-corrected chi connectivity index (χ2v) is 7.50. The highest BCUT2D eigenvalue weighted by molar-refractivity contribution is 9.10. The van der Waals surface area contributed by atoms with Crippen LogP contribution in [0.15, 0.2) is 46.9 Å². The molecule has 0 aliphatic carbocycles. The molecular formula is C21H23BrN2O3. The van der Waals surface area contributed by atoms with Crippen molar-refractivity contribution < 1.29 is 14.3 Å². The molecule has 27 heavy (non-hydrogen) atoms. The highest BCUT2D eigenvalue weighted by Gasteiger charge is 2.21. The number of rotatable bonds is 5. The Balaban J connectivity index is 1.63. The topological polar surface area (TPSA) is 58.6 Å². The quantitative estimate of drug-likeness (QED) is 0.764. The van der Waals surface area contributed by atoms with Crippen LogP contribution in [0.1, 0.15) is 35.2 Å². The Morgan fingerprint density at radius 1 is 1.11 bits per heavy atom. The third-order valence-electron chi connectivity index (χ3n) is 4.57. The molecule has 142 valence electrons. The molecule has 1 saturated heterocycles. The lowest BCUT2D eigenvalue weighted by Crippen LogP contribution is -2.36. The summed E-state index contributed by atoms with van der Waals surface area (Å²) in [6.07, 6.45) is 3.22. The van der Waals surface area contributed by atoms with Gasteiger partial charge in [-0.2, -0.15) is 0 Å². The largest absolute Gasteiger partial charge is 0.484 e. The Labute approximate surface area is 167 Å². The molecule has 0 unspecified atom stereocenters. The number of likely N-dealkylation sites (tertiary alicyclic amines) is 1. The summed E-state index contributed by atoms with van der Waals surface area (Å²) in [7, 11) is 0. The van der Waals surface area contributed by atoms with E-state index in [-0.39, 0.29) is 18.4 Å². The number of carbonyl (C=O) groups is 2. The molecule has 2 amide bonds. The van der Waals surface area contributed by atoms with Crippen LogP contribution in [0.25, 0.3) is 0 Å². The first kappa shape index (κ1) is 19.4. The van der Waals surface area contributed by atoms with Crippen LogP contribution in [0.2, 0.25) is 0 Å². The first-order chi connectivity index (χ1) is 13.0. The van der Waals surface area contributed by atoms with E-state index in [1.54, 1.807) is 18.2 Å². The predicted octanol–water partition coefficient (Wildman–Crippen LogP) is 4.40. The zero-order valence-corrected chi connectivity index (χ0v) is 16.9. The van der Waals surface area contributed by atoms with E-state index in [1.807, 2.05) is 36.1 Å². The Bertz CT molecular complexity index is 832. The first-order valence-electron chi connectivity index (χ1n) is 9.12. The van der Waals surface area contributed by atoms with Gasteiger partial charge in [0.15, 0.2) is 6.61 Å². The van der Waals surface area contributed by atoms with Gasteiger partial charge in [-0.3, -0.25) is 9.59 Å². The predicted molar refractivity (Wildman–Crippen MR) is 109 cm³/mol. The number of benzene rings is 2. The number of nitrogens with one attached hydrogen (secondary N) is 1. The third-order valence-corrected chi connectivity index (χ3v) is 5.46. The molecule has 2 aromatic rings. The summed E-state index contributed by atoms with van der Waals surface area (Å²) in [4.78, 5) is 27.0. The average molecular weight is 431 g/mol. The third kappa shape index (κ3) is 5.10. The Hall–Kier alpha value is -2.34. The van der Waals surface area contributed by atoms with Crippen molar-refractivity contribution in [2.24, 2.45) is 0 Å². The van der Waals surface area contributed by atoms with Gasteiger partial charge >= 0.3 is 0 Å². The molecule has 0 bridgehead atoms. The summed E-state index contributed by atoms with van der Waals surface area (Å²) in [6, 6.07) is 12.7. The molecular weight excluding hydrogens is 408 g/mol. The molecule has 5 nitrogen and oxygen atoms in total. The van der Waals surface area contributed by atoms with Crippen LogP contribution in [0.4, 0.5) is 5.69 Å². The summed E-state index contributed by atoms with van der Waals surface area (Å²) < 4.78 is 6.55. The molecule has 1 heterocycles. The molecule has 1 fully saturated rings. The highest BCUT2D eigenvalue weighted by Crippen LogP contribution is 2.22. The van der Waals surface area contributed by atoms with Crippen molar-refractivity contribution in [3.05, 3.63) is 58.1 Å². The number of halogens is 1. The molecule has 0 saturated carbocycles. The highest BCUT2D eigenvalue weighted by atomic mass is 79.9. The van der Waals surface area contributed by atoms with Gasteiger partial charge in [0.2, 0.25) is 0 Å². The van der Waals surface area contributed by atoms with Gasteiger partial charge in [0.25, 0.3) is 11.8 Å². The van der Waals surface area contributed by atoms with Gasteiger partial charge in [0.05, 0.1) is 11.3 Å². The number of piperidine rings is 1. The fourth-order valence-electron chi connectivity index (χ4n) is 3.09. The number of anilines is 1. The van der Waals surface area contributed by atoms with Gasteiger partial charge in [-0.25, -0.2) is 0 Å². The van der Waals surface area contributed by atoms with Crippen LogP contribution in [0.3, 0.4) is 0 Å². The zero-order valence-electron chi connectivity index (χ0n) is 15.3. The lowest BCUT2D eigenvalue weighted by molar-refractivity contribution is -0.118. The number of carbonyl (C=O) groups excluding carboxylic acids is 2. The molecule has 3 rings (SSSR count). The average Bonchev–Trinajstić information content (AvgIpc) is 2.69. The van der Waals surface area contributed by atoms with Crippen molar-refractivity contribution >= 4 is 33.4 Å². The summed E-state index contributed by atoms with van der Waals surface area (Å²) in [5.41, 5.74) is 2.08. The molecule has 0 spiro atoms. The molecule has 2 aromatic carbocycles. The minimum atomic E-state index is -0.297. The van der Waals surface area contributed by atoms with Gasteiger partial charge in [-0.15, -0.1) is 0 Å². The second kappa shape index (κ2) is 9.04. The van der Waals surface area contributed by atoms with Crippen LogP contribution >= 0.6 is 15.9 Å². The van der Waals surface area contributed by atoms with Gasteiger partial charge < -0.3 is 15.0 Å². The van der Waals surface area contributed by atoms with Gasteiger partial charge in [0.1, 0.15) is 5.75 Å². The maximum Gasteiger partial charge on any atom is 0.262 e.